The Morgan fingerprint density at radius 3 is 2.78 bits per heavy atom. The smallest absolute Gasteiger partial charge is 0.127 e. The van der Waals surface area contributed by atoms with Crippen LogP contribution in [-0.2, 0) is 11.2 Å². The van der Waals surface area contributed by atoms with Crippen LogP contribution in [0.1, 0.15) is 17.5 Å². The molecule has 2 rings (SSSR count). The van der Waals surface area contributed by atoms with Crippen LogP contribution in [0.15, 0.2) is 12.1 Å². The van der Waals surface area contributed by atoms with Gasteiger partial charge in [-0.15, -0.1) is 0 Å². The van der Waals surface area contributed by atoms with Gasteiger partial charge in [0, 0.05) is 23.7 Å². The van der Waals surface area contributed by atoms with E-state index in [1.54, 1.807) is 6.07 Å². The van der Waals surface area contributed by atoms with E-state index in [4.69, 9.17) is 16.3 Å². The average Bonchev–Trinajstić information content (AvgIpc) is 2.39. The molecule has 0 radical (unpaired) electrons. The van der Waals surface area contributed by atoms with Crippen molar-refractivity contribution in [3.8, 4) is 0 Å². The fraction of sp³-hybridized carbons (Fsp3) is 0.571. The Kier molecular flexibility index (Phi) is 4.98. The first kappa shape index (κ1) is 13.8. The zero-order valence-corrected chi connectivity index (χ0v) is 11.5. The molecule has 0 amide bonds. The number of hydrogen-bond acceptors (Lipinski definition) is 2. The summed E-state index contributed by atoms with van der Waals surface area (Å²) in [6, 6.07) is 3.23. The van der Waals surface area contributed by atoms with Gasteiger partial charge in [0.1, 0.15) is 5.82 Å². The van der Waals surface area contributed by atoms with Crippen molar-refractivity contribution >= 4 is 11.6 Å². The SMILES string of the molecule is Cc1ccc(F)c(CCCN2CCOCC2)c1Cl. The highest BCUT2D eigenvalue weighted by Crippen LogP contribution is 2.24. The largest absolute Gasteiger partial charge is 0.379 e. The average molecular weight is 272 g/mol. The molecular weight excluding hydrogens is 253 g/mol. The van der Waals surface area contributed by atoms with E-state index in [1.165, 1.54) is 6.07 Å². The highest BCUT2D eigenvalue weighted by atomic mass is 35.5. The molecule has 0 unspecified atom stereocenters. The molecular formula is C14H19ClFNO. The maximum atomic E-state index is 13.7. The van der Waals surface area contributed by atoms with Crippen LogP contribution in [0.5, 0.6) is 0 Å². The minimum atomic E-state index is -0.187. The van der Waals surface area contributed by atoms with E-state index in [0.717, 1.165) is 44.8 Å². The summed E-state index contributed by atoms with van der Waals surface area (Å²) in [6.07, 6.45) is 1.63. The van der Waals surface area contributed by atoms with E-state index in [0.29, 0.717) is 17.0 Å². The number of rotatable bonds is 4. The Morgan fingerprint density at radius 2 is 2.06 bits per heavy atom. The van der Waals surface area contributed by atoms with Gasteiger partial charge < -0.3 is 4.74 Å². The third kappa shape index (κ3) is 3.44. The molecule has 2 nitrogen and oxygen atoms in total. The van der Waals surface area contributed by atoms with Crippen molar-refractivity contribution < 1.29 is 9.13 Å². The molecule has 100 valence electrons. The number of ether oxygens (including phenoxy) is 1. The minimum Gasteiger partial charge on any atom is -0.379 e. The summed E-state index contributed by atoms with van der Waals surface area (Å²) < 4.78 is 19.0. The number of morpholine rings is 1. The van der Waals surface area contributed by atoms with Gasteiger partial charge in [0.25, 0.3) is 0 Å². The van der Waals surface area contributed by atoms with Gasteiger partial charge in [0.15, 0.2) is 0 Å². The summed E-state index contributed by atoms with van der Waals surface area (Å²) in [7, 11) is 0. The fourth-order valence-electron chi connectivity index (χ4n) is 2.25. The molecule has 1 aromatic carbocycles. The molecule has 0 N–H and O–H groups in total. The number of halogens is 2. The summed E-state index contributed by atoms with van der Waals surface area (Å²) in [4.78, 5) is 2.35. The van der Waals surface area contributed by atoms with Gasteiger partial charge in [0.05, 0.1) is 13.2 Å². The summed E-state index contributed by atoms with van der Waals surface area (Å²) >= 11 is 6.15. The van der Waals surface area contributed by atoms with Crippen molar-refractivity contribution in [2.45, 2.75) is 19.8 Å². The highest BCUT2D eigenvalue weighted by molar-refractivity contribution is 6.32. The predicted molar refractivity (Wildman–Crippen MR) is 71.7 cm³/mol. The third-order valence-electron chi connectivity index (χ3n) is 3.38. The molecule has 1 saturated heterocycles. The van der Waals surface area contributed by atoms with Crippen molar-refractivity contribution in [2.24, 2.45) is 0 Å². The molecule has 0 saturated carbocycles. The molecule has 1 aliphatic heterocycles. The zero-order valence-electron chi connectivity index (χ0n) is 10.7. The highest BCUT2D eigenvalue weighted by Gasteiger charge is 2.12. The molecule has 0 bridgehead atoms. The van der Waals surface area contributed by atoms with Crippen LogP contribution in [0.4, 0.5) is 4.39 Å². The van der Waals surface area contributed by atoms with Gasteiger partial charge in [0.2, 0.25) is 0 Å². The van der Waals surface area contributed by atoms with Crippen LogP contribution < -0.4 is 0 Å². The standard InChI is InChI=1S/C14H19ClFNO/c1-11-4-5-13(16)12(14(11)15)3-2-6-17-7-9-18-10-8-17/h4-5H,2-3,6-10H2,1H3. The lowest BCUT2D eigenvalue weighted by molar-refractivity contribution is 0.0374. The van der Waals surface area contributed by atoms with E-state index in [9.17, 15) is 4.39 Å². The summed E-state index contributed by atoms with van der Waals surface area (Å²) in [5.41, 5.74) is 1.60. The van der Waals surface area contributed by atoms with Gasteiger partial charge in [-0.2, -0.15) is 0 Å². The molecule has 4 heteroatoms. The summed E-state index contributed by atoms with van der Waals surface area (Å²) in [5.74, 6) is -0.187. The molecule has 1 aromatic rings. The molecule has 0 atom stereocenters. The Hall–Kier alpha value is -0.640. The topological polar surface area (TPSA) is 12.5 Å². The van der Waals surface area contributed by atoms with E-state index in [-0.39, 0.29) is 5.82 Å². The first-order valence-corrected chi connectivity index (χ1v) is 6.80. The lowest BCUT2D eigenvalue weighted by atomic mass is 10.1. The lowest BCUT2D eigenvalue weighted by Gasteiger charge is -2.26. The Morgan fingerprint density at radius 1 is 1.33 bits per heavy atom. The van der Waals surface area contributed by atoms with Crippen LogP contribution >= 0.6 is 11.6 Å². The maximum Gasteiger partial charge on any atom is 0.127 e. The number of aryl methyl sites for hydroxylation is 1. The van der Waals surface area contributed by atoms with Crippen molar-refractivity contribution in [1.82, 2.24) is 4.90 Å². The number of nitrogens with zero attached hydrogens (tertiary/aromatic N) is 1. The lowest BCUT2D eigenvalue weighted by Crippen LogP contribution is -2.37. The second kappa shape index (κ2) is 6.50. The van der Waals surface area contributed by atoms with Crippen molar-refractivity contribution in [1.29, 1.82) is 0 Å². The summed E-state index contributed by atoms with van der Waals surface area (Å²) in [6.45, 7) is 6.45. The van der Waals surface area contributed by atoms with Crippen LogP contribution in [0.25, 0.3) is 0 Å². The normalized spacial score (nSPS) is 17.1. The fourth-order valence-corrected chi connectivity index (χ4v) is 2.50. The van der Waals surface area contributed by atoms with Gasteiger partial charge in [-0.3, -0.25) is 4.90 Å². The summed E-state index contributed by atoms with van der Waals surface area (Å²) in [5, 5.41) is 0.581. The predicted octanol–water partition coefficient (Wildman–Crippen LogP) is 3.05. The minimum absolute atomic E-state index is 0.187. The maximum absolute atomic E-state index is 13.7. The zero-order chi connectivity index (χ0) is 13.0. The monoisotopic (exact) mass is 271 g/mol. The van der Waals surface area contributed by atoms with Crippen LogP contribution in [0.3, 0.4) is 0 Å². The van der Waals surface area contributed by atoms with Crippen molar-refractivity contribution in [2.75, 3.05) is 32.8 Å². The van der Waals surface area contributed by atoms with E-state index < -0.39 is 0 Å². The quantitative estimate of drug-likeness (QED) is 0.835. The van der Waals surface area contributed by atoms with E-state index in [1.807, 2.05) is 6.92 Å². The van der Waals surface area contributed by atoms with Gasteiger partial charge in [-0.25, -0.2) is 4.39 Å². The van der Waals surface area contributed by atoms with Crippen LogP contribution in [0, 0.1) is 12.7 Å². The first-order valence-electron chi connectivity index (χ1n) is 6.42. The molecule has 0 aromatic heterocycles. The molecule has 1 heterocycles. The number of benzene rings is 1. The molecule has 1 aliphatic rings. The van der Waals surface area contributed by atoms with Crippen LogP contribution in [-0.4, -0.2) is 37.7 Å². The molecule has 0 aliphatic carbocycles. The first-order chi connectivity index (χ1) is 8.68. The van der Waals surface area contributed by atoms with Crippen molar-refractivity contribution in [3.05, 3.63) is 34.1 Å². The second-order valence-electron chi connectivity index (χ2n) is 4.71. The van der Waals surface area contributed by atoms with Crippen molar-refractivity contribution in [3.63, 3.8) is 0 Å². The van der Waals surface area contributed by atoms with Gasteiger partial charge in [-0.05, 0) is 37.9 Å². The molecule has 1 fully saturated rings. The van der Waals surface area contributed by atoms with E-state index in [2.05, 4.69) is 4.90 Å². The molecule has 18 heavy (non-hydrogen) atoms. The van der Waals surface area contributed by atoms with Gasteiger partial charge in [-0.1, -0.05) is 17.7 Å². The van der Waals surface area contributed by atoms with Gasteiger partial charge >= 0.3 is 0 Å². The Labute approximate surface area is 113 Å². The Balaban J connectivity index is 1.88. The molecule has 0 spiro atoms. The number of hydrogen-bond donors (Lipinski definition) is 0. The van der Waals surface area contributed by atoms with Crippen LogP contribution in [0.2, 0.25) is 5.02 Å². The third-order valence-corrected chi connectivity index (χ3v) is 3.91. The van der Waals surface area contributed by atoms with E-state index >= 15 is 0 Å². The Bertz CT molecular complexity index is 405. The second-order valence-corrected chi connectivity index (χ2v) is 5.09.